The van der Waals surface area contributed by atoms with Crippen molar-refractivity contribution in [1.82, 2.24) is 10.3 Å². The maximum atomic E-state index is 4.04. The van der Waals surface area contributed by atoms with E-state index in [4.69, 9.17) is 0 Å². The van der Waals surface area contributed by atoms with E-state index in [1.807, 2.05) is 12.4 Å². The van der Waals surface area contributed by atoms with E-state index in [0.29, 0.717) is 6.04 Å². The van der Waals surface area contributed by atoms with E-state index in [1.165, 1.54) is 24.0 Å². The summed E-state index contributed by atoms with van der Waals surface area (Å²) in [5.41, 5.74) is 2.65. The minimum atomic E-state index is 0.602. The van der Waals surface area contributed by atoms with Crippen LogP contribution in [0.4, 0.5) is 0 Å². The lowest BCUT2D eigenvalue weighted by Crippen LogP contribution is -2.29. The Bertz CT molecular complexity index is 319. The molecule has 0 radical (unpaired) electrons. The Balaban J connectivity index is 2.36. The molecular formula is C15H24N2. The number of hydrogen-bond donors (Lipinski definition) is 1. The van der Waals surface area contributed by atoms with Gasteiger partial charge in [-0.3, -0.25) is 4.98 Å². The van der Waals surface area contributed by atoms with Gasteiger partial charge in [0.05, 0.1) is 0 Å². The summed E-state index contributed by atoms with van der Waals surface area (Å²) in [5.74, 6) is 0. The lowest BCUT2D eigenvalue weighted by molar-refractivity contribution is 0.464. The summed E-state index contributed by atoms with van der Waals surface area (Å²) in [4.78, 5) is 4.04. The van der Waals surface area contributed by atoms with Crippen LogP contribution in [0.15, 0.2) is 36.7 Å². The second-order valence-corrected chi connectivity index (χ2v) is 4.64. The van der Waals surface area contributed by atoms with E-state index in [-0.39, 0.29) is 0 Å². The smallest absolute Gasteiger partial charge is 0.0270 e. The van der Waals surface area contributed by atoms with Crippen LogP contribution in [-0.2, 0) is 6.42 Å². The Hall–Kier alpha value is -1.15. The molecule has 1 heterocycles. The molecule has 0 saturated carbocycles. The summed E-state index contributed by atoms with van der Waals surface area (Å²) in [6, 6.07) is 4.80. The number of nitrogens with one attached hydrogen (secondary N) is 1. The summed E-state index contributed by atoms with van der Waals surface area (Å²) in [5, 5.41) is 3.55. The molecule has 1 unspecified atom stereocenters. The fourth-order valence-electron chi connectivity index (χ4n) is 1.95. The molecule has 2 nitrogen and oxygen atoms in total. The summed E-state index contributed by atoms with van der Waals surface area (Å²) in [6.45, 7) is 9.28. The third-order valence-corrected chi connectivity index (χ3v) is 2.94. The third-order valence-electron chi connectivity index (χ3n) is 2.94. The van der Waals surface area contributed by atoms with Crippen LogP contribution in [-0.4, -0.2) is 17.6 Å². The van der Waals surface area contributed by atoms with Crippen LogP contribution in [0.5, 0.6) is 0 Å². The number of pyridine rings is 1. The fraction of sp³-hybridized carbons (Fsp3) is 0.533. The number of aromatic nitrogens is 1. The minimum Gasteiger partial charge on any atom is -0.314 e. The van der Waals surface area contributed by atoms with Gasteiger partial charge in [-0.25, -0.2) is 0 Å². The normalized spacial score (nSPS) is 12.4. The molecule has 0 bridgehead atoms. The Morgan fingerprint density at radius 3 is 2.65 bits per heavy atom. The molecule has 0 fully saturated rings. The van der Waals surface area contributed by atoms with E-state index in [0.717, 1.165) is 19.4 Å². The predicted molar refractivity (Wildman–Crippen MR) is 74.1 cm³/mol. The molecule has 0 aromatic carbocycles. The Kier molecular flexibility index (Phi) is 6.56. The maximum absolute atomic E-state index is 4.04. The molecule has 1 aromatic rings. The monoisotopic (exact) mass is 232 g/mol. The highest BCUT2D eigenvalue weighted by Gasteiger charge is 2.07. The first-order valence-corrected chi connectivity index (χ1v) is 6.49. The third kappa shape index (κ3) is 6.22. The molecule has 2 heteroatoms. The highest BCUT2D eigenvalue weighted by atomic mass is 14.9. The Labute approximate surface area is 105 Å². The number of nitrogens with zero attached hydrogens (tertiary/aromatic N) is 1. The molecule has 0 spiro atoms. The van der Waals surface area contributed by atoms with Crippen LogP contribution >= 0.6 is 0 Å². The summed E-state index contributed by atoms with van der Waals surface area (Å²) in [7, 11) is 0. The van der Waals surface area contributed by atoms with Crippen molar-refractivity contribution in [1.29, 1.82) is 0 Å². The molecule has 94 valence electrons. The van der Waals surface area contributed by atoms with Crippen molar-refractivity contribution in [2.24, 2.45) is 0 Å². The second kappa shape index (κ2) is 8.02. The largest absolute Gasteiger partial charge is 0.314 e. The zero-order chi connectivity index (χ0) is 12.5. The van der Waals surface area contributed by atoms with Gasteiger partial charge in [0.25, 0.3) is 0 Å². The lowest BCUT2D eigenvalue weighted by atomic mass is 10.0. The van der Waals surface area contributed by atoms with Crippen molar-refractivity contribution in [3.8, 4) is 0 Å². The number of allylic oxidation sites excluding steroid dienone is 1. The van der Waals surface area contributed by atoms with E-state index < -0.39 is 0 Å². The van der Waals surface area contributed by atoms with Gasteiger partial charge in [0, 0.05) is 18.4 Å². The van der Waals surface area contributed by atoms with Crippen molar-refractivity contribution in [3.05, 3.63) is 42.2 Å². The van der Waals surface area contributed by atoms with Gasteiger partial charge in [0.2, 0.25) is 0 Å². The van der Waals surface area contributed by atoms with Crippen molar-refractivity contribution >= 4 is 0 Å². The zero-order valence-corrected chi connectivity index (χ0v) is 11.1. The van der Waals surface area contributed by atoms with E-state index in [1.54, 1.807) is 0 Å². The molecule has 1 aromatic heterocycles. The topological polar surface area (TPSA) is 24.9 Å². The summed E-state index contributed by atoms with van der Waals surface area (Å²) in [6.07, 6.45) is 8.35. The molecule has 0 aliphatic heterocycles. The van der Waals surface area contributed by atoms with Crippen LogP contribution < -0.4 is 5.32 Å². The maximum Gasteiger partial charge on any atom is 0.0270 e. The first-order chi connectivity index (χ1) is 8.22. The van der Waals surface area contributed by atoms with Crippen molar-refractivity contribution in [2.75, 3.05) is 6.54 Å². The van der Waals surface area contributed by atoms with Crippen LogP contribution in [0.2, 0.25) is 0 Å². The quantitative estimate of drug-likeness (QED) is 0.695. The van der Waals surface area contributed by atoms with Gasteiger partial charge in [-0.1, -0.05) is 12.5 Å². The van der Waals surface area contributed by atoms with Crippen LogP contribution in [0.25, 0.3) is 0 Å². The molecule has 1 N–H and O–H groups in total. The van der Waals surface area contributed by atoms with Crippen molar-refractivity contribution < 1.29 is 0 Å². The lowest BCUT2D eigenvalue weighted by Gasteiger charge is -2.17. The van der Waals surface area contributed by atoms with Crippen LogP contribution in [0.1, 0.15) is 38.7 Å². The van der Waals surface area contributed by atoms with Gasteiger partial charge in [-0.15, -0.1) is 6.58 Å². The average Bonchev–Trinajstić information content (AvgIpc) is 2.34. The highest BCUT2D eigenvalue weighted by Crippen LogP contribution is 2.11. The van der Waals surface area contributed by atoms with Crippen LogP contribution in [0.3, 0.4) is 0 Å². The van der Waals surface area contributed by atoms with Crippen molar-refractivity contribution in [2.45, 2.75) is 45.6 Å². The minimum absolute atomic E-state index is 0.602. The van der Waals surface area contributed by atoms with Gasteiger partial charge in [0.15, 0.2) is 0 Å². The molecule has 0 amide bonds. The highest BCUT2D eigenvalue weighted by molar-refractivity contribution is 5.09. The number of rotatable bonds is 8. The average molecular weight is 232 g/mol. The van der Waals surface area contributed by atoms with Gasteiger partial charge < -0.3 is 5.32 Å². The first-order valence-electron chi connectivity index (χ1n) is 6.49. The van der Waals surface area contributed by atoms with Gasteiger partial charge in [0.1, 0.15) is 0 Å². The van der Waals surface area contributed by atoms with E-state index in [9.17, 15) is 0 Å². The Morgan fingerprint density at radius 2 is 2.06 bits per heavy atom. The zero-order valence-electron chi connectivity index (χ0n) is 11.1. The molecule has 1 rings (SSSR count). The molecular weight excluding hydrogens is 208 g/mol. The molecule has 0 aliphatic rings. The van der Waals surface area contributed by atoms with E-state index >= 15 is 0 Å². The molecule has 17 heavy (non-hydrogen) atoms. The first kappa shape index (κ1) is 13.9. The van der Waals surface area contributed by atoms with Gasteiger partial charge >= 0.3 is 0 Å². The number of aryl methyl sites for hydroxylation is 1. The van der Waals surface area contributed by atoms with Gasteiger partial charge in [-0.2, -0.15) is 0 Å². The van der Waals surface area contributed by atoms with Crippen LogP contribution in [0, 0.1) is 0 Å². The Morgan fingerprint density at radius 1 is 1.35 bits per heavy atom. The van der Waals surface area contributed by atoms with Gasteiger partial charge in [-0.05, 0) is 56.8 Å². The summed E-state index contributed by atoms with van der Waals surface area (Å²) >= 11 is 0. The second-order valence-electron chi connectivity index (χ2n) is 4.64. The standard InChI is InChI=1S/C15H24N2/c1-4-17-15(7-5-13(2)3)8-6-14-9-11-16-12-10-14/h9-12,15,17H,2,4-8H2,1,3H3. The number of hydrogen-bond acceptors (Lipinski definition) is 2. The molecule has 0 saturated heterocycles. The fourth-order valence-corrected chi connectivity index (χ4v) is 1.95. The van der Waals surface area contributed by atoms with Crippen molar-refractivity contribution in [3.63, 3.8) is 0 Å². The molecule has 1 atom stereocenters. The molecule has 0 aliphatic carbocycles. The SMILES string of the molecule is C=C(C)CCC(CCc1ccncc1)NCC. The van der Waals surface area contributed by atoms with E-state index in [2.05, 4.69) is 42.9 Å². The predicted octanol–water partition coefficient (Wildman–Crippen LogP) is 3.35. The summed E-state index contributed by atoms with van der Waals surface area (Å²) < 4.78 is 0.